The first kappa shape index (κ1) is 21.5. The molecule has 0 bridgehead atoms. The molecule has 4 aromatic rings. The highest BCUT2D eigenvalue weighted by atomic mass is 16.5. The second kappa shape index (κ2) is 9.15. The summed E-state index contributed by atoms with van der Waals surface area (Å²) in [6, 6.07) is 15.8. The zero-order chi connectivity index (χ0) is 22.7. The summed E-state index contributed by atoms with van der Waals surface area (Å²) in [5, 5.41) is 4.39. The van der Waals surface area contributed by atoms with Crippen LogP contribution in [0, 0.1) is 0 Å². The van der Waals surface area contributed by atoms with Crippen molar-refractivity contribution in [2.45, 2.75) is 0 Å². The highest BCUT2D eigenvalue weighted by Crippen LogP contribution is 2.36. The van der Waals surface area contributed by atoms with Gasteiger partial charge in [-0.15, -0.1) is 0 Å². The summed E-state index contributed by atoms with van der Waals surface area (Å²) in [7, 11) is 7.62. The molecule has 0 atom stereocenters. The number of benzene rings is 2. The third-order valence-corrected chi connectivity index (χ3v) is 5.24. The van der Waals surface area contributed by atoms with Crippen molar-refractivity contribution in [2.24, 2.45) is 7.05 Å². The van der Waals surface area contributed by atoms with E-state index >= 15 is 0 Å². The second-order valence-electron chi connectivity index (χ2n) is 7.78. The van der Waals surface area contributed by atoms with Gasteiger partial charge in [-0.25, -0.2) is 9.97 Å². The van der Waals surface area contributed by atoms with Crippen LogP contribution in [0.4, 0.5) is 17.3 Å². The van der Waals surface area contributed by atoms with Gasteiger partial charge < -0.3 is 30.0 Å². The summed E-state index contributed by atoms with van der Waals surface area (Å²) in [6.45, 7) is 1.32. The molecule has 8 heteroatoms. The molecule has 32 heavy (non-hydrogen) atoms. The summed E-state index contributed by atoms with van der Waals surface area (Å²) in [5.41, 5.74) is 10.4. The first-order valence-corrected chi connectivity index (χ1v) is 10.4. The minimum atomic E-state index is 0.451. The van der Waals surface area contributed by atoms with Gasteiger partial charge in [-0.2, -0.15) is 0 Å². The van der Waals surface area contributed by atoms with Crippen molar-refractivity contribution >= 4 is 28.2 Å². The molecule has 0 saturated carbocycles. The van der Waals surface area contributed by atoms with Crippen LogP contribution in [0.15, 0.2) is 54.7 Å². The first-order valence-electron chi connectivity index (χ1n) is 10.4. The summed E-state index contributed by atoms with van der Waals surface area (Å²) in [4.78, 5) is 11.1. The van der Waals surface area contributed by atoms with Gasteiger partial charge >= 0.3 is 0 Å². The summed E-state index contributed by atoms with van der Waals surface area (Å²) >= 11 is 0. The molecule has 4 rings (SSSR count). The Morgan fingerprint density at radius 2 is 1.91 bits per heavy atom. The van der Waals surface area contributed by atoms with E-state index in [1.807, 2.05) is 44.2 Å². The van der Waals surface area contributed by atoms with Gasteiger partial charge in [0.25, 0.3) is 0 Å². The molecule has 2 aromatic heterocycles. The predicted molar refractivity (Wildman–Crippen MR) is 129 cm³/mol. The van der Waals surface area contributed by atoms with Crippen molar-refractivity contribution in [3.63, 3.8) is 0 Å². The van der Waals surface area contributed by atoms with Crippen LogP contribution in [-0.4, -0.2) is 53.8 Å². The van der Waals surface area contributed by atoms with E-state index in [0.29, 0.717) is 35.4 Å². The number of para-hydroxylation sites is 1. The topological polar surface area (TPSA) is 90.5 Å². The van der Waals surface area contributed by atoms with Gasteiger partial charge in [0.05, 0.1) is 29.9 Å². The average molecular weight is 433 g/mol. The lowest BCUT2D eigenvalue weighted by Gasteiger charge is -2.16. The Bertz CT molecular complexity index is 1230. The average Bonchev–Trinajstić information content (AvgIpc) is 3.12. The summed E-state index contributed by atoms with van der Waals surface area (Å²) < 4.78 is 13.5. The molecule has 0 saturated heterocycles. The highest BCUT2D eigenvalue weighted by Gasteiger charge is 2.13. The lowest BCUT2D eigenvalue weighted by atomic mass is 10.2. The number of fused-ring (bicyclic) bond motifs is 1. The zero-order valence-corrected chi connectivity index (χ0v) is 18.8. The molecule has 2 heterocycles. The zero-order valence-electron chi connectivity index (χ0n) is 18.8. The molecule has 8 nitrogen and oxygen atoms in total. The van der Waals surface area contributed by atoms with Gasteiger partial charge in [-0.1, -0.05) is 18.2 Å². The van der Waals surface area contributed by atoms with Crippen molar-refractivity contribution in [3.8, 4) is 22.9 Å². The van der Waals surface area contributed by atoms with E-state index < -0.39 is 0 Å². The molecule has 0 aliphatic rings. The fourth-order valence-electron chi connectivity index (χ4n) is 3.52. The van der Waals surface area contributed by atoms with Crippen LogP contribution in [0.5, 0.6) is 11.5 Å². The standard InChI is InChI=1S/C24H28N6O2/c1-29(2)11-12-32-22-15-23(31-4)19(14-17(22)25)28-24-26-10-9-18(27-24)21-13-16-7-5-6-8-20(16)30(21)3/h5-10,13-15H,11-12,25H2,1-4H3,(H,26,27,28). The Hall–Kier alpha value is -3.78. The van der Waals surface area contributed by atoms with E-state index in [1.54, 1.807) is 25.4 Å². The minimum absolute atomic E-state index is 0.451. The monoisotopic (exact) mass is 432 g/mol. The number of nitrogens with one attached hydrogen (secondary N) is 1. The smallest absolute Gasteiger partial charge is 0.227 e. The fourth-order valence-corrected chi connectivity index (χ4v) is 3.52. The van der Waals surface area contributed by atoms with Crippen molar-refractivity contribution < 1.29 is 9.47 Å². The maximum Gasteiger partial charge on any atom is 0.227 e. The third kappa shape index (κ3) is 4.45. The third-order valence-electron chi connectivity index (χ3n) is 5.24. The number of aryl methyl sites for hydroxylation is 1. The van der Waals surface area contributed by atoms with Crippen LogP contribution < -0.4 is 20.5 Å². The number of hydrogen-bond donors (Lipinski definition) is 2. The van der Waals surface area contributed by atoms with Gasteiger partial charge in [0.1, 0.15) is 18.1 Å². The number of methoxy groups -OCH3 is 1. The number of aromatic nitrogens is 3. The summed E-state index contributed by atoms with van der Waals surface area (Å²) in [6.07, 6.45) is 1.73. The first-order chi connectivity index (χ1) is 15.5. The molecule has 3 N–H and O–H groups in total. The predicted octanol–water partition coefficient (Wildman–Crippen LogP) is 3.91. The van der Waals surface area contributed by atoms with Crippen molar-refractivity contribution in [3.05, 3.63) is 54.7 Å². The molecule has 0 unspecified atom stereocenters. The van der Waals surface area contributed by atoms with Crippen molar-refractivity contribution in [1.29, 1.82) is 0 Å². The normalized spacial score (nSPS) is 11.2. The Kier molecular flexibility index (Phi) is 6.13. The molecule has 0 fully saturated rings. The second-order valence-corrected chi connectivity index (χ2v) is 7.78. The molecule has 0 radical (unpaired) electrons. The quantitative estimate of drug-likeness (QED) is 0.408. The van der Waals surface area contributed by atoms with Gasteiger partial charge in [-0.3, -0.25) is 0 Å². The Balaban J connectivity index is 1.60. The highest BCUT2D eigenvalue weighted by molar-refractivity contribution is 5.86. The molecular weight excluding hydrogens is 404 g/mol. The molecular formula is C24H28N6O2. The van der Waals surface area contributed by atoms with Crippen LogP contribution in [0.25, 0.3) is 22.3 Å². The van der Waals surface area contributed by atoms with Gasteiger partial charge in [-0.05, 0) is 38.4 Å². The molecule has 2 aromatic carbocycles. The summed E-state index contributed by atoms with van der Waals surface area (Å²) in [5.74, 6) is 1.63. The number of nitrogens with two attached hydrogens (primary N) is 1. The maximum atomic E-state index is 6.22. The van der Waals surface area contributed by atoms with Crippen LogP contribution >= 0.6 is 0 Å². The lowest BCUT2D eigenvalue weighted by Crippen LogP contribution is -2.19. The van der Waals surface area contributed by atoms with Crippen LogP contribution in [0.3, 0.4) is 0 Å². The van der Waals surface area contributed by atoms with Gasteiger partial charge in [0, 0.05) is 36.8 Å². The van der Waals surface area contributed by atoms with E-state index in [4.69, 9.17) is 20.2 Å². The van der Waals surface area contributed by atoms with E-state index in [9.17, 15) is 0 Å². The van der Waals surface area contributed by atoms with Crippen molar-refractivity contribution in [2.75, 3.05) is 45.4 Å². The number of ether oxygens (including phenoxy) is 2. The largest absolute Gasteiger partial charge is 0.494 e. The number of nitrogens with zero attached hydrogens (tertiary/aromatic N) is 4. The Labute approximate surface area is 187 Å². The van der Waals surface area contributed by atoms with Crippen LogP contribution in [0.1, 0.15) is 0 Å². The van der Waals surface area contributed by atoms with E-state index in [2.05, 4.69) is 33.1 Å². The van der Waals surface area contributed by atoms with Gasteiger partial charge in [0.15, 0.2) is 0 Å². The molecule has 0 aliphatic heterocycles. The van der Waals surface area contributed by atoms with E-state index in [0.717, 1.165) is 28.8 Å². The maximum absolute atomic E-state index is 6.22. The Morgan fingerprint density at radius 1 is 1.09 bits per heavy atom. The number of rotatable bonds is 8. The molecule has 0 spiro atoms. The minimum Gasteiger partial charge on any atom is -0.494 e. The van der Waals surface area contributed by atoms with Gasteiger partial charge in [0.2, 0.25) is 5.95 Å². The molecule has 0 amide bonds. The van der Waals surface area contributed by atoms with Crippen LogP contribution in [0.2, 0.25) is 0 Å². The molecule has 0 aliphatic carbocycles. The van der Waals surface area contributed by atoms with E-state index in [1.165, 1.54) is 0 Å². The Morgan fingerprint density at radius 3 is 2.66 bits per heavy atom. The number of anilines is 3. The van der Waals surface area contributed by atoms with Crippen LogP contribution in [-0.2, 0) is 7.05 Å². The number of nitrogen functional groups attached to an aromatic ring is 1. The number of likely N-dealkylation sites (N-methyl/N-ethyl adjacent to an activating group) is 1. The van der Waals surface area contributed by atoms with E-state index in [-0.39, 0.29) is 0 Å². The number of hydrogen-bond acceptors (Lipinski definition) is 7. The van der Waals surface area contributed by atoms with Crippen molar-refractivity contribution in [1.82, 2.24) is 19.4 Å². The lowest BCUT2D eigenvalue weighted by molar-refractivity contribution is 0.261. The SMILES string of the molecule is COc1cc(OCCN(C)C)c(N)cc1Nc1nccc(-c2cc3ccccc3n2C)n1. The molecule has 166 valence electrons. The fraction of sp³-hybridized carbons (Fsp3) is 0.250.